The normalized spacial score (nSPS) is 10.6. The second kappa shape index (κ2) is 6.93. The Morgan fingerprint density at radius 3 is 2.17 bits per heavy atom. The van der Waals surface area contributed by atoms with Gasteiger partial charge in [-0.1, -0.05) is 0 Å². The summed E-state index contributed by atoms with van der Waals surface area (Å²) in [5.74, 6) is -0.435. The molecule has 0 fully saturated rings. The third kappa shape index (κ3) is 4.45. The van der Waals surface area contributed by atoms with E-state index in [0.29, 0.717) is 9.32 Å². The molecule has 0 aliphatic heterocycles. The molecule has 0 heterocycles. The fraction of sp³-hybridized carbons (Fsp3) is 0.273. The summed E-state index contributed by atoms with van der Waals surface area (Å²) in [5, 5.41) is 0. The van der Waals surface area contributed by atoms with Crippen LogP contribution >= 0.6 is 36.6 Å². The van der Waals surface area contributed by atoms with E-state index in [0.717, 1.165) is 4.47 Å². The molecule has 1 aromatic carbocycles. The zero-order chi connectivity index (χ0) is 13.7. The first-order valence-corrected chi connectivity index (χ1v) is 8.49. The van der Waals surface area contributed by atoms with E-state index in [1.807, 2.05) is 0 Å². The third-order valence-electron chi connectivity index (χ3n) is 1.64. The summed E-state index contributed by atoms with van der Waals surface area (Å²) < 4.78 is 16.9. The van der Waals surface area contributed by atoms with E-state index in [1.54, 1.807) is 18.2 Å². The summed E-state index contributed by atoms with van der Waals surface area (Å²) in [4.78, 5) is 22.1. The molecule has 7 heteroatoms. The molecule has 100 valence electrons. The topological polar surface area (TPSA) is 61.8 Å². The van der Waals surface area contributed by atoms with Gasteiger partial charge in [-0.3, -0.25) is 0 Å². The Kier molecular flexibility index (Phi) is 5.86. The first-order chi connectivity index (χ1) is 8.43. The number of benzene rings is 1. The van der Waals surface area contributed by atoms with Crippen LogP contribution in [0.15, 0.2) is 22.7 Å². The Bertz CT molecular complexity index is 447. The van der Waals surface area contributed by atoms with E-state index in [4.69, 9.17) is 10.9 Å². The monoisotopic (exact) mass is 430 g/mol. The van der Waals surface area contributed by atoms with Crippen LogP contribution in [0, 0.1) is 3.57 Å². The molecule has 0 N–H and O–H groups in total. The fourth-order valence-corrected chi connectivity index (χ4v) is 4.37. The van der Waals surface area contributed by atoms with Crippen LogP contribution < -0.4 is 4.74 Å². The van der Waals surface area contributed by atoms with E-state index < -0.39 is 32.6 Å². The molecule has 0 unspecified atom stereocenters. The second-order valence-electron chi connectivity index (χ2n) is 3.13. The molecule has 0 aromatic heterocycles. The number of carbonyl (C=O) groups excluding carboxylic acids is 2. The van der Waals surface area contributed by atoms with Crippen LogP contribution in [0.3, 0.4) is 0 Å². The van der Waals surface area contributed by atoms with Gasteiger partial charge in [-0.15, -0.1) is 0 Å². The molecule has 0 bridgehead atoms. The summed E-state index contributed by atoms with van der Waals surface area (Å²) >= 11 is 0.485. The number of ether oxygens (including phenoxy) is 1. The van der Waals surface area contributed by atoms with Gasteiger partial charge in [0.1, 0.15) is 0 Å². The van der Waals surface area contributed by atoms with Gasteiger partial charge in [0.25, 0.3) is 0 Å². The molecule has 0 spiro atoms. The average Bonchev–Trinajstić information content (AvgIpc) is 2.26. The zero-order valence-corrected chi connectivity index (χ0v) is 13.8. The number of hydrogen-bond acceptors (Lipinski definition) is 5. The van der Waals surface area contributed by atoms with Crippen LogP contribution in [0.5, 0.6) is 5.75 Å². The van der Waals surface area contributed by atoms with E-state index in [1.165, 1.54) is 21.0 Å². The number of carbonyl (C=O) groups is 2. The molecule has 0 saturated carbocycles. The summed E-state index contributed by atoms with van der Waals surface area (Å²) in [5.41, 5.74) is 0. The van der Waals surface area contributed by atoms with Gasteiger partial charge in [0.05, 0.1) is 0 Å². The van der Waals surface area contributed by atoms with Crippen molar-refractivity contribution < 1.29 is 20.5 Å². The summed E-state index contributed by atoms with van der Waals surface area (Å²) in [7, 11) is 1.50. The van der Waals surface area contributed by atoms with Crippen LogP contribution in [0.2, 0.25) is 0 Å². The Hall–Kier alpha value is -0.830. The van der Waals surface area contributed by atoms with Gasteiger partial charge < -0.3 is 0 Å². The summed E-state index contributed by atoms with van der Waals surface area (Å²) in [6.45, 7) is 2.55. The van der Waals surface area contributed by atoms with Crippen molar-refractivity contribution in [1.29, 1.82) is 0 Å². The zero-order valence-electron chi connectivity index (χ0n) is 10.0. The first kappa shape index (κ1) is 15.2. The van der Waals surface area contributed by atoms with Crippen molar-refractivity contribution in [3.05, 3.63) is 26.2 Å². The van der Waals surface area contributed by atoms with Crippen LogP contribution in [0.1, 0.15) is 13.8 Å². The van der Waals surface area contributed by atoms with Crippen LogP contribution in [-0.2, 0) is 15.7 Å². The van der Waals surface area contributed by atoms with Crippen molar-refractivity contribution >= 4 is 48.5 Å². The molecule has 0 saturated heterocycles. The van der Waals surface area contributed by atoms with E-state index in [-0.39, 0.29) is 0 Å². The van der Waals surface area contributed by atoms with Crippen molar-refractivity contribution in [3.8, 4) is 5.75 Å². The van der Waals surface area contributed by atoms with Gasteiger partial charge in [0.15, 0.2) is 0 Å². The SMILES string of the molecule is COc1cc(Br)ccc1I(OC(C)=O)OC(C)=O. The van der Waals surface area contributed by atoms with Gasteiger partial charge in [0.2, 0.25) is 0 Å². The molecule has 1 aromatic rings. The van der Waals surface area contributed by atoms with Gasteiger partial charge in [-0.2, -0.15) is 0 Å². The minimum atomic E-state index is -2.83. The molecule has 1 rings (SSSR count). The van der Waals surface area contributed by atoms with Crippen molar-refractivity contribution in [1.82, 2.24) is 0 Å². The molecular formula is C11H12BrIO5. The number of rotatable bonds is 4. The van der Waals surface area contributed by atoms with Crippen LogP contribution in [0.4, 0.5) is 0 Å². The quantitative estimate of drug-likeness (QED) is 0.687. The molecule has 0 aliphatic rings. The van der Waals surface area contributed by atoms with Gasteiger partial charge >= 0.3 is 122 Å². The Morgan fingerprint density at radius 1 is 1.17 bits per heavy atom. The van der Waals surface area contributed by atoms with Gasteiger partial charge in [0, 0.05) is 0 Å². The Balaban J connectivity index is 3.10. The number of halogens is 2. The molecule has 0 amide bonds. The van der Waals surface area contributed by atoms with Gasteiger partial charge in [-0.05, 0) is 0 Å². The van der Waals surface area contributed by atoms with E-state index in [2.05, 4.69) is 15.9 Å². The van der Waals surface area contributed by atoms with Crippen molar-refractivity contribution in [3.63, 3.8) is 0 Å². The standard InChI is InChI=1S/C11H12BrIO5/c1-7(14)17-13(18-8(2)15)10-5-4-9(12)6-11(10)16-3/h4-6H,1-3H3. The number of hydrogen-bond donors (Lipinski definition) is 0. The van der Waals surface area contributed by atoms with Crippen molar-refractivity contribution in [2.75, 3.05) is 7.11 Å². The molecule has 5 nitrogen and oxygen atoms in total. The third-order valence-corrected chi connectivity index (χ3v) is 6.01. The maximum atomic E-state index is 11.1. The van der Waals surface area contributed by atoms with Crippen molar-refractivity contribution in [2.24, 2.45) is 0 Å². The van der Waals surface area contributed by atoms with E-state index in [9.17, 15) is 9.59 Å². The molecule has 0 radical (unpaired) electrons. The first-order valence-electron chi connectivity index (χ1n) is 4.85. The summed E-state index contributed by atoms with van der Waals surface area (Å²) in [6.07, 6.45) is 0. The molecular weight excluding hydrogens is 419 g/mol. The average molecular weight is 431 g/mol. The van der Waals surface area contributed by atoms with Crippen LogP contribution in [-0.4, -0.2) is 19.0 Å². The Morgan fingerprint density at radius 2 is 1.72 bits per heavy atom. The molecule has 0 aliphatic carbocycles. The van der Waals surface area contributed by atoms with E-state index >= 15 is 0 Å². The summed E-state index contributed by atoms with van der Waals surface area (Å²) in [6, 6.07) is 5.22. The number of methoxy groups -OCH3 is 1. The predicted octanol–water partition coefficient (Wildman–Crippen LogP) is 3.09. The van der Waals surface area contributed by atoms with Crippen LogP contribution in [0.25, 0.3) is 0 Å². The Labute approximate surface area is 121 Å². The minimum absolute atomic E-state index is 0.480. The maximum absolute atomic E-state index is 11.1. The molecule has 18 heavy (non-hydrogen) atoms. The second-order valence-corrected chi connectivity index (χ2v) is 7.33. The van der Waals surface area contributed by atoms with Crippen molar-refractivity contribution in [2.45, 2.75) is 13.8 Å². The van der Waals surface area contributed by atoms with Gasteiger partial charge in [-0.25, -0.2) is 0 Å². The predicted molar refractivity (Wildman–Crippen MR) is 76.9 cm³/mol. The fourth-order valence-electron chi connectivity index (χ4n) is 1.06. The molecule has 0 atom stereocenters.